The largest absolute Gasteiger partial charge is 0.497 e. The van der Waals surface area contributed by atoms with Crippen LogP contribution in [0.5, 0.6) is 5.75 Å². The van der Waals surface area contributed by atoms with Gasteiger partial charge in [0.2, 0.25) is 0 Å². The van der Waals surface area contributed by atoms with Crippen molar-refractivity contribution >= 4 is 64.9 Å². The fraction of sp³-hybridized carbons (Fsp3) is 0.233. The second kappa shape index (κ2) is 13.9. The molecule has 0 aliphatic carbocycles. The Labute approximate surface area is 250 Å². The molecule has 7 nitrogen and oxygen atoms in total. The van der Waals surface area contributed by atoms with Crippen molar-refractivity contribution in [2.75, 3.05) is 39.2 Å². The summed E-state index contributed by atoms with van der Waals surface area (Å²) in [6.07, 6.45) is 1.98. The Hall–Kier alpha value is -3.30. The van der Waals surface area contributed by atoms with Crippen LogP contribution in [0, 0.1) is 0 Å². The number of fused-ring (bicyclic) bond motifs is 3. The molecule has 1 aliphatic rings. The molecular weight excluding hydrogens is 569 g/mol. The molecule has 1 aromatic heterocycles. The third kappa shape index (κ3) is 6.53. The Balaban J connectivity index is 0.00000220. The second-order valence-corrected chi connectivity index (χ2v) is 10.5. The molecule has 1 amide bonds. The van der Waals surface area contributed by atoms with E-state index in [4.69, 9.17) is 9.47 Å². The molecule has 0 radical (unpaired) electrons. The number of aromatic nitrogens is 1. The molecule has 0 fully saturated rings. The van der Waals surface area contributed by atoms with Crippen LogP contribution in [0.3, 0.4) is 0 Å². The number of nitrogens with zero attached hydrogens (tertiary/aromatic N) is 3. The molecule has 0 spiro atoms. The van der Waals surface area contributed by atoms with Gasteiger partial charge in [0.1, 0.15) is 5.75 Å². The topological polar surface area (TPSA) is 72.0 Å². The lowest BCUT2D eigenvalue weighted by molar-refractivity contribution is -0.127. The van der Waals surface area contributed by atoms with Crippen LogP contribution in [-0.4, -0.2) is 62.2 Å². The van der Waals surface area contributed by atoms with E-state index in [1.807, 2.05) is 67.5 Å². The number of pyridine rings is 1. The first kappa shape index (κ1) is 31.2. The molecule has 0 N–H and O–H groups in total. The normalized spacial score (nSPS) is 16.4. The van der Waals surface area contributed by atoms with E-state index in [9.17, 15) is 9.59 Å². The van der Waals surface area contributed by atoms with E-state index in [1.54, 1.807) is 42.1 Å². The van der Waals surface area contributed by atoms with Crippen LogP contribution in [0.1, 0.15) is 21.2 Å². The number of amides is 1. The molecule has 0 saturated carbocycles. The van der Waals surface area contributed by atoms with Crippen LogP contribution >= 0.6 is 36.6 Å². The summed E-state index contributed by atoms with van der Waals surface area (Å²) in [5.41, 5.74) is 1.98. The summed E-state index contributed by atoms with van der Waals surface area (Å²) in [5, 5.41) is 1.65. The summed E-state index contributed by atoms with van der Waals surface area (Å²) in [4.78, 5) is 36.4. The van der Waals surface area contributed by atoms with Crippen LogP contribution in [0.4, 0.5) is 5.69 Å². The van der Waals surface area contributed by atoms with Crippen LogP contribution in [-0.2, 0) is 9.53 Å². The summed E-state index contributed by atoms with van der Waals surface area (Å²) in [7, 11) is 5.55. The number of rotatable bonds is 7. The molecule has 210 valence electrons. The van der Waals surface area contributed by atoms with Crippen molar-refractivity contribution in [1.29, 1.82) is 0 Å². The minimum absolute atomic E-state index is 0. The predicted molar refractivity (Wildman–Crippen MR) is 164 cm³/mol. The van der Waals surface area contributed by atoms with E-state index in [0.29, 0.717) is 24.4 Å². The van der Waals surface area contributed by atoms with Crippen molar-refractivity contribution in [2.45, 2.75) is 16.2 Å². The molecular formula is C30H31Cl2N3O4S. The molecule has 40 heavy (non-hydrogen) atoms. The second-order valence-electron chi connectivity index (χ2n) is 9.31. The van der Waals surface area contributed by atoms with Gasteiger partial charge in [0.05, 0.1) is 23.6 Å². The van der Waals surface area contributed by atoms with E-state index < -0.39 is 17.3 Å². The molecule has 5 rings (SSSR count). The zero-order valence-electron chi connectivity index (χ0n) is 22.4. The Kier molecular flexibility index (Phi) is 10.8. The smallest absolute Gasteiger partial charge is 0.340 e. The van der Waals surface area contributed by atoms with Gasteiger partial charge < -0.3 is 19.3 Å². The number of hydrogen-bond acceptors (Lipinski definition) is 7. The number of ether oxygens (including phenoxy) is 2. The standard InChI is InChI=1S/C30H29N3O4S.2ClH/c1-32(2)17-18-33-25-15-12-20-7-4-5-9-24(20)28(25)38-27(21-10-13-23(36-3)14-11-21)26(29(33)34)37-30(35)22-8-6-16-31-19-22;;/h4-16,19,26-27H,17-18H2,1-3H3;2*1H/t26-,27+;;/m1../s1. The van der Waals surface area contributed by atoms with Crippen molar-refractivity contribution in [1.82, 2.24) is 9.88 Å². The third-order valence-electron chi connectivity index (χ3n) is 6.53. The minimum atomic E-state index is -1.06. The van der Waals surface area contributed by atoms with E-state index >= 15 is 0 Å². The average Bonchev–Trinajstić information content (AvgIpc) is 3.06. The number of halogens is 2. The van der Waals surface area contributed by atoms with E-state index in [2.05, 4.69) is 17.1 Å². The highest BCUT2D eigenvalue weighted by Gasteiger charge is 2.42. The third-order valence-corrected chi connectivity index (χ3v) is 7.96. The lowest BCUT2D eigenvalue weighted by Gasteiger charge is -2.28. The highest BCUT2D eigenvalue weighted by atomic mass is 35.5. The summed E-state index contributed by atoms with van der Waals surface area (Å²) in [6, 6.07) is 23.1. The van der Waals surface area contributed by atoms with Crippen LogP contribution in [0.2, 0.25) is 0 Å². The maximum absolute atomic E-state index is 14.3. The van der Waals surface area contributed by atoms with Crippen molar-refractivity contribution in [3.8, 4) is 5.75 Å². The first-order valence-electron chi connectivity index (χ1n) is 12.4. The van der Waals surface area contributed by atoms with Gasteiger partial charge in [-0.2, -0.15) is 0 Å². The zero-order valence-corrected chi connectivity index (χ0v) is 24.8. The van der Waals surface area contributed by atoms with Crippen molar-refractivity contribution in [3.63, 3.8) is 0 Å². The van der Waals surface area contributed by atoms with Gasteiger partial charge in [-0.05, 0) is 60.8 Å². The van der Waals surface area contributed by atoms with Gasteiger partial charge in [0.15, 0.2) is 6.10 Å². The Bertz CT molecular complexity index is 1450. The molecule has 2 heterocycles. The number of esters is 1. The van der Waals surface area contributed by atoms with E-state index in [-0.39, 0.29) is 30.7 Å². The first-order chi connectivity index (χ1) is 18.5. The fourth-order valence-corrected chi connectivity index (χ4v) is 5.96. The monoisotopic (exact) mass is 599 g/mol. The average molecular weight is 601 g/mol. The van der Waals surface area contributed by atoms with E-state index in [0.717, 1.165) is 26.9 Å². The quantitative estimate of drug-likeness (QED) is 0.239. The van der Waals surface area contributed by atoms with Gasteiger partial charge in [-0.3, -0.25) is 9.78 Å². The number of hydrogen-bond donors (Lipinski definition) is 0. The van der Waals surface area contributed by atoms with Crippen molar-refractivity contribution in [2.24, 2.45) is 0 Å². The van der Waals surface area contributed by atoms with Gasteiger partial charge >= 0.3 is 5.97 Å². The molecule has 1 aliphatic heterocycles. The van der Waals surface area contributed by atoms with Gasteiger partial charge in [0, 0.05) is 30.4 Å². The Morgan fingerprint density at radius 2 is 1.75 bits per heavy atom. The molecule has 0 unspecified atom stereocenters. The summed E-state index contributed by atoms with van der Waals surface area (Å²) in [5.74, 6) is -0.133. The Morgan fingerprint density at radius 3 is 2.42 bits per heavy atom. The van der Waals surface area contributed by atoms with Gasteiger partial charge in [-0.15, -0.1) is 36.6 Å². The van der Waals surface area contributed by atoms with E-state index in [1.165, 1.54) is 6.20 Å². The predicted octanol–water partition coefficient (Wildman–Crippen LogP) is 6.05. The molecule has 3 aromatic carbocycles. The lowest BCUT2D eigenvalue weighted by atomic mass is 10.0. The summed E-state index contributed by atoms with van der Waals surface area (Å²) < 4.78 is 11.4. The number of likely N-dealkylation sites (N-methyl/N-ethyl adjacent to an activating group) is 1. The van der Waals surface area contributed by atoms with Crippen molar-refractivity contribution < 1.29 is 19.1 Å². The molecule has 2 atom stereocenters. The maximum Gasteiger partial charge on any atom is 0.340 e. The van der Waals surface area contributed by atoms with Crippen LogP contribution < -0.4 is 9.64 Å². The highest BCUT2D eigenvalue weighted by molar-refractivity contribution is 8.00. The Morgan fingerprint density at radius 1 is 1.00 bits per heavy atom. The lowest BCUT2D eigenvalue weighted by Crippen LogP contribution is -2.45. The summed E-state index contributed by atoms with van der Waals surface area (Å²) in [6.45, 7) is 1.10. The number of methoxy groups -OCH3 is 1. The molecule has 10 heteroatoms. The SMILES string of the molecule is COc1ccc([C@@H]2Sc3c(ccc4ccccc34)N(CCN(C)C)C(=O)[C@@H]2OC(=O)c2cccnc2)cc1.Cl.Cl. The number of carbonyl (C=O) groups is 2. The summed E-state index contributed by atoms with van der Waals surface area (Å²) >= 11 is 1.55. The number of anilines is 1. The molecule has 4 aromatic rings. The van der Waals surface area contributed by atoms with Gasteiger partial charge in [-0.1, -0.05) is 42.5 Å². The highest BCUT2D eigenvalue weighted by Crippen LogP contribution is 2.49. The van der Waals surface area contributed by atoms with Crippen molar-refractivity contribution in [3.05, 3.63) is 96.3 Å². The van der Waals surface area contributed by atoms with Crippen LogP contribution in [0.25, 0.3) is 10.8 Å². The number of thioether (sulfide) groups is 1. The maximum atomic E-state index is 14.3. The zero-order chi connectivity index (χ0) is 26.6. The van der Waals surface area contributed by atoms with Gasteiger partial charge in [-0.25, -0.2) is 4.79 Å². The number of benzene rings is 3. The first-order valence-corrected chi connectivity index (χ1v) is 13.2. The van der Waals surface area contributed by atoms with Crippen LogP contribution in [0.15, 0.2) is 90.1 Å². The fourth-order valence-electron chi connectivity index (χ4n) is 4.50. The number of carbonyl (C=O) groups excluding carboxylic acids is 2. The molecule has 0 bridgehead atoms. The minimum Gasteiger partial charge on any atom is -0.497 e. The van der Waals surface area contributed by atoms with Gasteiger partial charge in [0.25, 0.3) is 5.91 Å². The molecule has 0 saturated heterocycles.